The van der Waals surface area contributed by atoms with Crippen molar-refractivity contribution in [2.45, 2.75) is 38.5 Å². The van der Waals surface area contributed by atoms with Gasteiger partial charge >= 0.3 is 0 Å². The average Bonchev–Trinajstić information content (AvgIpc) is 2.26. The monoisotopic (exact) mass is 303 g/mol. The van der Waals surface area contributed by atoms with E-state index in [1.807, 2.05) is 0 Å². The Morgan fingerprint density at radius 2 is 1.95 bits per heavy atom. The summed E-state index contributed by atoms with van der Waals surface area (Å²) in [5.74, 6) is -0.266. The summed E-state index contributed by atoms with van der Waals surface area (Å²) in [6.07, 6.45) is 0. The van der Waals surface area contributed by atoms with Crippen molar-refractivity contribution in [3.8, 4) is 5.75 Å². The molecule has 6 heteroatoms. The fourth-order valence-corrected chi connectivity index (χ4v) is 2.49. The molecule has 0 unspecified atom stereocenters. The maximum absolute atomic E-state index is 13.2. The molecule has 0 spiro atoms. The van der Waals surface area contributed by atoms with Crippen LogP contribution >= 0.6 is 0 Å². The van der Waals surface area contributed by atoms with E-state index in [4.69, 9.17) is 10.5 Å². The van der Waals surface area contributed by atoms with Crippen LogP contribution in [0.5, 0.6) is 5.75 Å². The molecule has 0 radical (unpaired) electrons. The van der Waals surface area contributed by atoms with Crippen molar-refractivity contribution in [3.63, 3.8) is 0 Å². The Morgan fingerprint density at radius 1 is 1.35 bits per heavy atom. The van der Waals surface area contributed by atoms with Gasteiger partial charge in [0.15, 0.2) is 9.84 Å². The molecule has 1 aromatic rings. The summed E-state index contributed by atoms with van der Waals surface area (Å²) >= 11 is 0. The molecular formula is C14H22FNO3S. The highest BCUT2D eigenvalue weighted by atomic mass is 32.2. The molecule has 1 aromatic carbocycles. The van der Waals surface area contributed by atoms with Crippen molar-refractivity contribution in [1.82, 2.24) is 0 Å². The Bertz CT molecular complexity index is 562. The van der Waals surface area contributed by atoms with Gasteiger partial charge < -0.3 is 10.5 Å². The molecule has 0 saturated heterocycles. The second-order valence-electron chi connectivity index (χ2n) is 5.75. The number of sulfone groups is 1. The molecule has 20 heavy (non-hydrogen) atoms. The van der Waals surface area contributed by atoms with Gasteiger partial charge in [0.2, 0.25) is 0 Å². The van der Waals surface area contributed by atoms with Crippen molar-refractivity contribution in [3.05, 3.63) is 29.6 Å². The van der Waals surface area contributed by atoms with E-state index in [0.717, 1.165) is 0 Å². The minimum Gasteiger partial charge on any atom is -0.492 e. The SMILES string of the molecule is C[C@@H](N)c1ccc(F)cc1OCCS(=O)(=O)C(C)(C)C. The zero-order valence-electron chi connectivity index (χ0n) is 12.3. The quantitative estimate of drug-likeness (QED) is 0.907. The maximum atomic E-state index is 13.2. The first-order chi connectivity index (χ1) is 9.04. The van der Waals surface area contributed by atoms with Crippen molar-refractivity contribution in [2.24, 2.45) is 5.73 Å². The van der Waals surface area contributed by atoms with E-state index < -0.39 is 20.4 Å². The first-order valence-corrected chi connectivity index (χ1v) is 8.10. The lowest BCUT2D eigenvalue weighted by Gasteiger charge is -2.20. The topological polar surface area (TPSA) is 69.4 Å². The van der Waals surface area contributed by atoms with Crippen LogP contribution in [-0.2, 0) is 9.84 Å². The summed E-state index contributed by atoms with van der Waals surface area (Å²) in [6.45, 7) is 6.64. The molecule has 114 valence electrons. The number of benzene rings is 1. The second kappa shape index (κ2) is 6.10. The van der Waals surface area contributed by atoms with Crippen molar-refractivity contribution in [2.75, 3.05) is 12.4 Å². The molecule has 0 amide bonds. The van der Waals surface area contributed by atoms with Crippen molar-refractivity contribution in [1.29, 1.82) is 0 Å². The minimum absolute atomic E-state index is 0.0250. The highest BCUT2D eigenvalue weighted by Crippen LogP contribution is 2.25. The van der Waals surface area contributed by atoms with Crippen LogP contribution in [0.15, 0.2) is 18.2 Å². The van der Waals surface area contributed by atoms with Gasteiger partial charge in [-0.3, -0.25) is 0 Å². The van der Waals surface area contributed by atoms with Gasteiger partial charge in [-0.2, -0.15) is 0 Å². The maximum Gasteiger partial charge on any atom is 0.158 e. The Morgan fingerprint density at radius 3 is 2.45 bits per heavy atom. The van der Waals surface area contributed by atoms with Crippen LogP contribution in [0.25, 0.3) is 0 Å². The molecule has 0 aliphatic rings. The van der Waals surface area contributed by atoms with E-state index in [-0.39, 0.29) is 18.4 Å². The lowest BCUT2D eigenvalue weighted by molar-refractivity contribution is 0.332. The largest absolute Gasteiger partial charge is 0.492 e. The Balaban J connectivity index is 2.79. The van der Waals surface area contributed by atoms with Gasteiger partial charge in [-0.15, -0.1) is 0 Å². The molecule has 0 aliphatic carbocycles. The fraction of sp³-hybridized carbons (Fsp3) is 0.571. The van der Waals surface area contributed by atoms with Crippen LogP contribution in [0.4, 0.5) is 4.39 Å². The molecule has 4 nitrogen and oxygen atoms in total. The molecular weight excluding hydrogens is 281 g/mol. The van der Waals surface area contributed by atoms with Gasteiger partial charge in [0.05, 0.1) is 10.5 Å². The molecule has 1 rings (SSSR count). The van der Waals surface area contributed by atoms with Gasteiger partial charge in [0.1, 0.15) is 18.2 Å². The number of hydrogen-bond donors (Lipinski definition) is 1. The standard InChI is InChI=1S/C14H22FNO3S/c1-10(16)12-6-5-11(15)9-13(12)19-7-8-20(17,18)14(2,3)4/h5-6,9-10H,7-8,16H2,1-4H3/t10-/m1/s1. The predicted molar refractivity (Wildman–Crippen MR) is 78.0 cm³/mol. The average molecular weight is 303 g/mol. The zero-order chi connectivity index (χ0) is 15.6. The smallest absolute Gasteiger partial charge is 0.158 e. The first kappa shape index (κ1) is 16.9. The van der Waals surface area contributed by atoms with Crippen LogP contribution in [0.2, 0.25) is 0 Å². The number of ether oxygens (including phenoxy) is 1. The molecule has 2 N–H and O–H groups in total. The number of nitrogens with two attached hydrogens (primary N) is 1. The van der Waals surface area contributed by atoms with E-state index in [1.54, 1.807) is 33.8 Å². The lowest BCUT2D eigenvalue weighted by atomic mass is 10.1. The molecule has 0 aliphatic heterocycles. The Hall–Kier alpha value is -1.14. The zero-order valence-corrected chi connectivity index (χ0v) is 13.1. The van der Waals surface area contributed by atoms with Crippen LogP contribution < -0.4 is 10.5 Å². The number of rotatable bonds is 5. The summed E-state index contributed by atoms with van der Waals surface area (Å²) < 4.78 is 41.7. The number of hydrogen-bond acceptors (Lipinski definition) is 4. The highest BCUT2D eigenvalue weighted by Gasteiger charge is 2.28. The van der Waals surface area contributed by atoms with Gasteiger partial charge in [0, 0.05) is 17.7 Å². The molecule has 0 saturated carbocycles. The summed E-state index contributed by atoms with van der Waals surface area (Å²) in [7, 11) is -3.26. The molecule has 0 heterocycles. The third kappa shape index (κ3) is 4.18. The molecule has 0 fully saturated rings. The predicted octanol–water partition coefficient (Wildman–Crippen LogP) is 2.44. The summed E-state index contributed by atoms with van der Waals surface area (Å²) in [4.78, 5) is 0. The second-order valence-corrected chi connectivity index (χ2v) is 8.61. The summed E-state index contributed by atoms with van der Waals surface area (Å²) in [5.41, 5.74) is 6.42. The minimum atomic E-state index is -3.26. The Kier molecular flexibility index (Phi) is 5.15. The van der Waals surface area contributed by atoms with Gasteiger partial charge in [-0.25, -0.2) is 12.8 Å². The van der Waals surface area contributed by atoms with Crippen molar-refractivity contribution >= 4 is 9.84 Å². The van der Waals surface area contributed by atoms with Crippen LogP contribution in [0, 0.1) is 5.82 Å². The summed E-state index contributed by atoms with van der Waals surface area (Å²) in [6, 6.07) is 3.76. The van der Waals surface area contributed by atoms with E-state index in [9.17, 15) is 12.8 Å². The van der Waals surface area contributed by atoms with Crippen LogP contribution in [-0.4, -0.2) is 25.5 Å². The lowest BCUT2D eigenvalue weighted by Crippen LogP contribution is -2.32. The van der Waals surface area contributed by atoms with E-state index >= 15 is 0 Å². The Labute approximate surface area is 120 Å². The van der Waals surface area contributed by atoms with Gasteiger partial charge in [-0.1, -0.05) is 6.07 Å². The fourth-order valence-electron chi connectivity index (χ4n) is 1.58. The molecule has 0 aromatic heterocycles. The van der Waals surface area contributed by atoms with E-state index in [2.05, 4.69) is 0 Å². The number of halogens is 1. The van der Waals surface area contributed by atoms with Gasteiger partial charge in [0.25, 0.3) is 0 Å². The molecule has 0 bridgehead atoms. The van der Waals surface area contributed by atoms with Crippen LogP contribution in [0.3, 0.4) is 0 Å². The van der Waals surface area contributed by atoms with E-state index in [0.29, 0.717) is 11.3 Å². The normalized spacial score (nSPS) is 14.1. The highest BCUT2D eigenvalue weighted by molar-refractivity contribution is 7.92. The first-order valence-electron chi connectivity index (χ1n) is 6.45. The van der Waals surface area contributed by atoms with Crippen LogP contribution in [0.1, 0.15) is 39.3 Å². The van der Waals surface area contributed by atoms with E-state index in [1.165, 1.54) is 12.1 Å². The van der Waals surface area contributed by atoms with Gasteiger partial charge in [-0.05, 0) is 33.8 Å². The summed E-state index contributed by atoms with van der Waals surface area (Å²) in [5, 5.41) is 0. The molecule has 1 atom stereocenters. The third-order valence-electron chi connectivity index (χ3n) is 3.01. The van der Waals surface area contributed by atoms with Crippen molar-refractivity contribution < 1.29 is 17.5 Å². The third-order valence-corrected chi connectivity index (χ3v) is 5.58.